The van der Waals surface area contributed by atoms with E-state index in [1.165, 1.54) is 17.3 Å². The van der Waals surface area contributed by atoms with Gasteiger partial charge < -0.3 is 0 Å². The number of hydrogen-bond acceptors (Lipinski definition) is 4. The molecule has 20 heavy (non-hydrogen) atoms. The summed E-state index contributed by atoms with van der Waals surface area (Å²) < 4.78 is 0. The fourth-order valence-corrected chi connectivity index (χ4v) is 2.94. The van der Waals surface area contributed by atoms with Crippen molar-refractivity contribution in [2.45, 2.75) is 24.0 Å². The van der Waals surface area contributed by atoms with E-state index in [1.54, 1.807) is 17.6 Å². The van der Waals surface area contributed by atoms with Crippen LogP contribution in [0.3, 0.4) is 0 Å². The van der Waals surface area contributed by atoms with Crippen LogP contribution in [0.1, 0.15) is 17.4 Å². The lowest BCUT2D eigenvalue weighted by Gasteiger charge is -2.09. The number of benzene rings is 1. The molecule has 0 spiro atoms. The van der Waals surface area contributed by atoms with E-state index in [-0.39, 0.29) is 11.2 Å². The molecule has 0 aliphatic carbocycles. The summed E-state index contributed by atoms with van der Waals surface area (Å²) in [6.45, 7) is 3.92. The number of aryl methyl sites for hydroxylation is 1. The molecular formula is C15H16N2OS2. The monoisotopic (exact) mass is 304 g/mol. The number of hydrogen-bond donors (Lipinski definition) is 1. The van der Waals surface area contributed by atoms with Crippen molar-refractivity contribution in [1.82, 2.24) is 5.43 Å². The minimum Gasteiger partial charge on any atom is -0.272 e. The average Bonchev–Trinajstić information content (AvgIpc) is 2.94. The second-order valence-corrected chi connectivity index (χ2v) is 6.72. The summed E-state index contributed by atoms with van der Waals surface area (Å²) in [5, 5.41) is 5.75. The van der Waals surface area contributed by atoms with Gasteiger partial charge in [-0.3, -0.25) is 4.79 Å². The van der Waals surface area contributed by atoms with Crippen molar-refractivity contribution in [3.05, 3.63) is 52.2 Å². The van der Waals surface area contributed by atoms with Gasteiger partial charge in [-0.2, -0.15) is 5.10 Å². The molecule has 1 aromatic heterocycles. The highest BCUT2D eigenvalue weighted by atomic mass is 32.2. The molecule has 1 amide bonds. The lowest BCUT2D eigenvalue weighted by atomic mass is 10.2. The summed E-state index contributed by atoms with van der Waals surface area (Å²) in [5.41, 5.74) is 3.78. The van der Waals surface area contributed by atoms with E-state index in [2.05, 4.69) is 10.5 Å². The number of nitrogens with zero attached hydrogens (tertiary/aromatic N) is 1. The fraction of sp³-hybridized carbons (Fsp3) is 0.200. The number of amides is 1. The number of carbonyl (C=O) groups is 1. The highest BCUT2D eigenvalue weighted by molar-refractivity contribution is 8.00. The molecule has 1 heterocycles. The van der Waals surface area contributed by atoms with Crippen molar-refractivity contribution in [1.29, 1.82) is 0 Å². The van der Waals surface area contributed by atoms with Gasteiger partial charge in [0.1, 0.15) is 0 Å². The SMILES string of the molecule is Cc1ccc(S[C@H](C)C(=O)N/N=C\c2cccs2)cc1. The van der Waals surface area contributed by atoms with Crippen LogP contribution in [-0.2, 0) is 4.79 Å². The average molecular weight is 304 g/mol. The smallest absolute Gasteiger partial charge is 0.253 e. The Hall–Kier alpha value is -1.59. The Morgan fingerprint density at radius 2 is 2.10 bits per heavy atom. The Bertz CT molecular complexity index is 576. The van der Waals surface area contributed by atoms with Crippen LogP contribution in [0.4, 0.5) is 0 Å². The second-order valence-electron chi connectivity index (χ2n) is 4.32. The van der Waals surface area contributed by atoms with E-state index in [1.807, 2.05) is 55.6 Å². The van der Waals surface area contributed by atoms with E-state index < -0.39 is 0 Å². The third kappa shape index (κ3) is 4.51. The molecule has 1 N–H and O–H groups in total. The molecule has 0 radical (unpaired) electrons. The number of thiophene rings is 1. The van der Waals surface area contributed by atoms with E-state index in [0.29, 0.717) is 0 Å². The minimum atomic E-state index is -0.182. The van der Waals surface area contributed by atoms with E-state index in [0.717, 1.165) is 9.77 Å². The zero-order valence-electron chi connectivity index (χ0n) is 11.4. The first-order chi connectivity index (χ1) is 9.65. The van der Waals surface area contributed by atoms with Crippen LogP contribution < -0.4 is 5.43 Å². The summed E-state index contributed by atoms with van der Waals surface area (Å²) >= 11 is 3.11. The largest absolute Gasteiger partial charge is 0.272 e. The van der Waals surface area contributed by atoms with E-state index in [4.69, 9.17) is 0 Å². The van der Waals surface area contributed by atoms with Gasteiger partial charge in [0, 0.05) is 9.77 Å². The number of nitrogens with one attached hydrogen (secondary N) is 1. The fourth-order valence-electron chi connectivity index (χ4n) is 1.49. The third-order valence-electron chi connectivity index (χ3n) is 2.61. The van der Waals surface area contributed by atoms with E-state index in [9.17, 15) is 4.79 Å². The molecule has 0 saturated carbocycles. The standard InChI is InChI=1S/C15H16N2OS2/c1-11-5-7-13(8-6-11)20-12(2)15(18)17-16-10-14-4-3-9-19-14/h3-10,12H,1-2H3,(H,17,18)/b16-10-/t12-/m1/s1. The van der Waals surface area contributed by atoms with Crippen molar-refractivity contribution in [2.75, 3.05) is 0 Å². The quantitative estimate of drug-likeness (QED) is 0.520. The summed E-state index contributed by atoms with van der Waals surface area (Å²) in [6, 6.07) is 12.0. The molecule has 2 aromatic rings. The first-order valence-electron chi connectivity index (χ1n) is 6.25. The summed E-state index contributed by atoms with van der Waals surface area (Å²) in [7, 11) is 0. The van der Waals surface area contributed by atoms with Gasteiger partial charge in [0.2, 0.25) is 0 Å². The Kier molecular flexibility index (Phi) is 5.38. The molecule has 3 nitrogen and oxygen atoms in total. The molecule has 5 heteroatoms. The van der Waals surface area contributed by atoms with Crippen LogP contribution in [0, 0.1) is 6.92 Å². The topological polar surface area (TPSA) is 41.5 Å². The zero-order valence-corrected chi connectivity index (χ0v) is 13.0. The van der Waals surface area contributed by atoms with Crippen LogP contribution in [0.2, 0.25) is 0 Å². The highest BCUT2D eigenvalue weighted by Crippen LogP contribution is 2.23. The third-order valence-corrected chi connectivity index (χ3v) is 4.53. The molecule has 0 bridgehead atoms. The Morgan fingerprint density at radius 3 is 2.75 bits per heavy atom. The van der Waals surface area contributed by atoms with Crippen molar-refractivity contribution in [3.63, 3.8) is 0 Å². The Morgan fingerprint density at radius 1 is 1.35 bits per heavy atom. The molecule has 2 rings (SSSR count). The maximum absolute atomic E-state index is 11.9. The molecule has 1 aromatic carbocycles. The van der Waals surface area contributed by atoms with Gasteiger partial charge in [0.15, 0.2) is 0 Å². The normalized spacial score (nSPS) is 12.5. The Labute approximate surface area is 127 Å². The lowest BCUT2D eigenvalue weighted by Crippen LogP contribution is -2.26. The first kappa shape index (κ1) is 14.8. The number of rotatable bonds is 5. The van der Waals surface area contributed by atoms with Gasteiger partial charge in [0.05, 0.1) is 11.5 Å². The number of hydrazone groups is 1. The molecule has 0 saturated heterocycles. The van der Waals surface area contributed by atoms with Crippen LogP contribution in [-0.4, -0.2) is 17.4 Å². The van der Waals surface area contributed by atoms with Crippen LogP contribution in [0.5, 0.6) is 0 Å². The van der Waals surface area contributed by atoms with Gasteiger partial charge in [-0.25, -0.2) is 5.43 Å². The molecule has 0 aliphatic heterocycles. The Balaban J connectivity index is 1.84. The molecule has 0 aliphatic rings. The predicted octanol–water partition coefficient (Wildman–Crippen LogP) is 3.69. The molecule has 1 atom stereocenters. The lowest BCUT2D eigenvalue weighted by molar-refractivity contribution is -0.120. The molecule has 104 valence electrons. The van der Waals surface area contributed by atoms with Gasteiger partial charge >= 0.3 is 0 Å². The first-order valence-corrected chi connectivity index (χ1v) is 8.01. The number of thioether (sulfide) groups is 1. The number of carbonyl (C=O) groups excluding carboxylic acids is 1. The molecular weight excluding hydrogens is 288 g/mol. The van der Waals surface area contributed by atoms with E-state index >= 15 is 0 Å². The minimum absolute atomic E-state index is 0.0941. The zero-order chi connectivity index (χ0) is 14.4. The van der Waals surface area contributed by atoms with Crippen LogP contribution in [0.15, 0.2) is 51.8 Å². The maximum atomic E-state index is 11.9. The van der Waals surface area contributed by atoms with Crippen LogP contribution >= 0.6 is 23.1 Å². The summed E-state index contributed by atoms with van der Waals surface area (Å²) in [4.78, 5) is 14.0. The van der Waals surface area contributed by atoms with Crippen molar-refractivity contribution >= 4 is 35.2 Å². The predicted molar refractivity (Wildman–Crippen MR) is 86.6 cm³/mol. The van der Waals surface area contributed by atoms with Gasteiger partial charge in [-0.1, -0.05) is 23.8 Å². The summed E-state index contributed by atoms with van der Waals surface area (Å²) in [6.07, 6.45) is 1.66. The summed E-state index contributed by atoms with van der Waals surface area (Å²) in [5.74, 6) is -0.0941. The van der Waals surface area contributed by atoms with Crippen molar-refractivity contribution < 1.29 is 4.79 Å². The van der Waals surface area contributed by atoms with Gasteiger partial charge in [-0.05, 0) is 37.4 Å². The van der Waals surface area contributed by atoms with Crippen molar-refractivity contribution in [3.8, 4) is 0 Å². The highest BCUT2D eigenvalue weighted by Gasteiger charge is 2.13. The van der Waals surface area contributed by atoms with Gasteiger partial charge in [0.25, 0.3) is 5.91 Å². The molecule has 0 unspecified atom stereocenters. The van der Waals surface area contributed by atoms with Crippen molar-refractivity contribution in [2.24, 2.45) is 5.10 Å². The maximum Gasteiger partial charge on any atom is 0.253 e. The molecule has 0 fully saturated rings. The second kappa shape index (κ2) is 7.26. The van der Waals surface area contributed by atoms with Gasteiger partial charge in [-0.15, -0.1) is 23.1 Å². The van der Waals surface area contributed by atoms with Crippen LogP contribution in [0.25, 0.3) is 0 Å².